The molecule has 0 radical (unpaired) electrons. The van der Waals surface area contributed by atoms with E-state index in [9.17, 15) is 4.79 Å². The Morgan fingerprint density at radius 1 is 0.971 bits per heavy atom. The number of nitrogens with one attached hydrogen (secondary N) is 3. The highest BCUT2D eigenvalue weighted by Gasteiger charge is 2.18. The van der Waals surface area contributed by atoms with Gasteiger partial charge in [-0.3, -0.25) is 9.69 Å². The Morgan fingerprint density at radius 3 is 2.46 bits per heavy atom. The average Bonchev–Trinajstić information content (AvgIpc) is 3.15. The van der Waals surface area contributed by atoms with Gasteiger partial charge < -0.3 is 20.3 Å². The summed E-state index contributed by atoms with van der Waals surface area (Å²) in [5.74, 6) is 1.94. The number of fused-ring (bicyclic) bond motifs is 1. The molecule has 2 saturated heterocycles. The Balaban J connectivity index is 0.00000289. The molecule has 3 N–H and O–H groups in total. The number of anilines is 3. The first kappa shape index (κ1) is 25.2. The van der Waals surface area contributed by atoms with Crippen LogP contribution in [0.25, 0.3) is 10.9 Å². The Morgan fingerprint density at radius 2 is 1.71 bits per heavy atom. The first-order chi connectivity index (χ1) is 16.8. The van der Waals surface area contributed by atoms with Crippen LogP contribution in [0.5, 0.6) is 5.75 Å². The minimum Gasteiger partial charge on any atom is -0.492 e. The van der Waals surface area contributed by atoms with Gasteiger partial charge in [0.2, 0.25) is 5.95 Å². The zero-order chi connectivity index (χ0) is 23.2. The van der Waals surface area contributed by atoms with E-state index < -0.39 is 0 Å². The molecule has 5 rings (SSSR count). The van der Waals surface area contributed by atoms with Gasteiger partial charge in [-0.25, -0.2) is 10.1 Å². The van der Waals surface area contributed by atoms with E-state index in [1.807, 2.05) is 24.3 Å². The Bertz CT molecular complexity index is 1140. The number of aromatic amines is 1. The van der Waals surface area contributed by atoms with Crippen LogP contribution < -0.4 is 25.8 Å². The summed E-state index contributed by atoms with van der Waals surface area (Å²) >= 11 is 0. The molecule has 0 aliphatic carbocycles. The number of hydrogen-bond donors (Lipinski definition) is 3. The average molecular weight is 501 g/mol. The van der Waals surface area contributed by atoms with Crippen LogP contribution in [-0.4, -0.2) is 77.5 Å². The second-order valence-corrected chi connectivity index (χ2v) is 8.82. The molecular formula is C24H33ClN8O2. The number of hydrogen-bond acceptors (Lipinski definition) is 9. The van der Waals surface area contributed by atoms with Crippen LogP contribution in [0, 0.1) is 0 Å². The van der Waals surface area contributed by atoms with E-state index in [1.54, 1.807) is 6.20 Å². The molecular weight excluding hydrogens is 468 g/mol. The van der Waals surface area contributed by atoms with E-state index in [0.29, 0.717) is 29.3 Å². The van der Waals surface area contributed by atoms with E-state index in [1.165, 1.54) is 12.8 Å². The zero-order valence-corrected chi connectivity index (χ0v) is 20.6. The minimum atomic E-state index is -0.310. The molecule has 10 nitrogen and oxygen atoms in total. The highest BCUT2D eigenvalue weighted by atomic mass is 35.5. The standard InChI is InChI=1S/C24H32N8O2.ClH/c33-23-21-20(17-26-30-23)28-24(32-11-3-1-2-4-12-32)29-22(21)27-18-5-7-19(8-6-18)34-16-15-31-13-9-25-10-14-31;/h5-8,17,25H,1-4,9-16H2,(H,30,33)(H,27,28,29);1H. The molecule has 0 atom stereocenters. The van der Waals surface area contributed by atoms with Crippen molar-refractivity contribution in [1.82, 2.24) is 30.4 Å². The maximum Gasteiger partial charge on any atom is 0.277 e. The molecule has 35 heavy (non-hydrogen) atoms. The van der Waals surface area contributed by atoms with Crippen molar-refractivity contribution in [2.45, 2.75) is 25.7 Å². The highest BCUT2D eigenvalue weighted by molar-refractivity contribution is 5.90. The van der Waals surface area contributed by atoms with E-state index in [2.05, 4.69) is 35.6 Å². The molecule has 0 amide bonds. The number of H-pyrrole nitrogens is 1. The quantitative estimate of drug-likeness (QED) is 0.450. The largest absolute Gasteiger partial charge is 0.492 e. The van der Waals surface area contributed by atoms with Gasteiger partial charge in [0.25, 0.3) is 5.56 Å². The molecule has 0 spiro atoms. The highest BCUT2D eigenvalue weighted by Crippen LogP contribution is 2.26. The number of halogens is 1. The number of benzene rings is 1. The molecule has 188 valence electrons. The molecule has 2 fully saturated rings. The van der Waals surface area contributed by atoms with Crippen molar-refractivity contribution in [2.24, 2.45) is 0 Å². The lowest BCUT2D eigenvalue weighted by Crippen LogP contribution is -2.44. The fourth-order valence-corrected chi connectivity index (χ4v) is 4.49. The SMILES string of the molecule is Cl.O=c1[nH]ncc2nc(N3CCCCCC3)nc(Nc3ccc(OCCN4CCNCC4)cc3)c12. The van der Waals surface area contributed by atoms with Crippen LogP contribution in [0.4, 0.5) is 17.5 Å². The lowest BCUT2D eigenvalue weighted by atomic mass is 10.2. The maximum absolute atomic E-state index is 12.6. The van der Waals surface area contributed by atoms with Gasteiger partial charge in [-0.05, 0) is 37.1 Å². The van der Waals surface area contributed by atoms with Crippen LogP contribution in [0.3, 0.4) is 0 Å². The second kappa shape index (κ2) is 12.1. The Hall–Kier alpha value is -2.95. The molecule has 11 heteroatoms. The molecule has 0 saturated carbocycles. The molecule has 3 aromatic rings. The fourth-order valence-electron chi connectivity index (χ4n) is 4.49. The molecule has 1 aromatic carbocycles. The number of rotatable bonds is 7. The third kappa shape index (κ3) is 6.39. The summed E-state index contributed by atoms with van der Waals surface area (Å²) in [4.78, 5) is 26.6. The van der Waals surface area contributed by atoms with Gasteiger partial charge in [-0.15, -0.1) is 12.4 Å². The van der Waals surface area contributed by atoms with Crippen molar-refractivity contribution >= 4 is 40.8 Å². The van der Waals surface area contributed by atoms with Crippen molar-refractivity contribution in [3.63, 3.8) is 0 Å². The smallest absolute Gasteiger partial charge is 0.277 e. The monoisotopic (exact) mass is 500 g/mol. The minimum absolute atomic E-state index is 0. The van der Waals surface area contributed by atoms with Gasteiger partial charge in [0.15, 0.2) is 0 Å². The van der Waals surface area contributed by atoms with Crippen molar-refractivity contribution < 1.29 is 4.74 Å². The van der Waals surface area contributed by atoms with Crippen molar-refractivity contribution in [3.05, 3.63) is 40.8 Å². The molecule has 0 bridgehead atoms. The van der Waals surface area contributed by atoms with Crippen molar-refractivity contribution in [2.75, 3.05) is 62.6 Å². The van der Waals surface area contributed by atoms with Gasteiger partial charge in [0.05, 0.1) is 6.20 Å². The van der Waals surface area contributed by atoms with Crippen molar-refractivity contribution in [1.29, 1.82) is 0 Å². The molecule has 2 aliphatic heterocycles. The lowest BCUT2D eigenvalue weighted by Gasteiger charge is -2.26. The third-order valence-electron chi connectivity index (χ3n) is 6.40. The van der Waals surface area contributed by atoms with Gasteiger partial charge in [0.1, 0.15) is 29.1 Å². The van der Waals surface area contributed by atoms with E-state index >= 15 is 0 Å². The Labute approximate surface area is 210 Å². The lowest BCUT2D eigenvalue weighted by molar-refractivity contribution is 0.191. The molecule has 4 heterocycles. The van der Waals surface area contributed by atoms with Crippen LogP contribution in [-0.2, 0) is 0 Å². The summed E-state index contributed by atoms with van der Waals surface area (Å²) in [5, 5.41) is 13.5. The van der Waals surface area contributed by atoms with Gasteiger partial charge in [-0.2, -0.15) is 10.1 Å². The molecule has 2 aliphatic rings. The van der Waals surface area contributed by atoms with Crippen molar-refractivity contribution in [3.8, 4) is 5.75 Å². The summed E-state index contributed by atoms with van der Waals surface area (Å²) in [7, 11) is 0. The zero-order valence-electron chi connectivity index (χ0n) is 19.8. The molecule has 0 unspecified atom stereocenters. The van der Waals surface area contributed by atoms with Gasteiger partial charge >= 0.3 is 0 Å². The van der Waals surface area contributed by atoms with E-state index in [0.717, 1.165) is 70.1 Å². The number of ether oxygens (including phenoxy) is 1. The van der Waals surface area contributed by atoms with Gasteiger partial charge in [-0.1, -0.05) is 12.8 Å². The molecule has 2 aromatic heterocycles. The van der Waals surface area contributed by atoms with Crippen LogP contribution in [0.1, 0.15) is 25.7 Å². The maximum atomic E-state index is 12.6. The summed E-state index contributed by atoms with van der Waals surface area (Å²) in [5.41, 5.74) is 1.05. The predicted molar refractivity (Wildman–Crippen MR) is 140 cm³/mol. The summed E-state index contributed by atoms with van der Waals surface area (Å²) in [6.45, 7) is 7.62. The number of piperazine rings is 1. The van der Waals surface area contributed by atoms with E-state index in [-0.39, 0.29) is 18.0 Å². The topological polar surface area (TPSA) is 111 Å². The van der Waals surface area contributed by atoms with Crippen LogP contribution >= 0.6 is 12.4 Å². The number of aromatic nitrogens is 4. The normalized spacial score (nSPS) is 17.0. The third-order valence-corrected chi connectivity index (χ3v) is 6.40. The first-order valence-corrected chi connectivity index (χ1v) is 12.2. The second-order valence-electron chi connectivity index (χ2n) is 8.82. The first-order valence-electron chi connectivity index (χ1n) is 12.2. The summed E-state index contributed by atoms with van der Waals surface area (Å²) in [6, 6.07) is 7.75. The van der Waals surface area contributed by atoms with Crippen LogP contribution in [0.15, 0.2) is 35.3 Å². The summed E-state index contributed by atoms with van der Waals surface area (Å²) < 4.78 is 5.93. The fraction of sp³-hybridized carbons (Fsp3) is 0.500. The summed E-state index contributed by atoms with van der Waals surface area (Å²) in [6.07, 6.45) is 6.27. The van der Waals surface area contributed by atoms with E-state index in [4.69, 9.17) is 9.72 Å². The van der Waals surface area contributed by atoms with Crippen LogP contribution in [0.2, 0.25) is 0 Å². The van der Waals surface area contributed by atoms with Gasteiger partial charge in [0, 0.05) is 51.5 Å². The predicted octanol–water partition coefficient (Wildman–Crippen LogP) is 2.54. The number of nitrogens with zero attached hydrogens (tertiary/aromatic N) is 5. The Kier molecular flexibility index (Phi) is 8.73.